The summed E-state index contributed by atoms with van der Waals surface area (Å²) in [5.41, 5.74) is 2.36. The maximum atomic E-state index is 13.9. The maximum absolute atomic E-state index is 13.9. The van der Waals surface area contributed by atoms with E-state index in [9.17, 15) is 18.4 Å². The molecule has 2 unspecified atom stereocenters. The molecular weight excluding hydrogens is 456 g/mol. The third-order valence-electron chi connectivity index (χ3n) is 7.10. The molecule has 0 spiro atoms. The summed E-state index contributed by atoms with van der Waals surface area (Å²) in [7, 11) is 0. The fourth-order valence-corrected chi connectivity index (χ4v) is 5.11. The van der Waals surface area contributed by atoms with Gasteiger partial charge in [0.05, 0.1) is 23.6 Å². The van der Waals surface area contributed by atoms with Gasteiger partial charge in [-0.05, 0) is 50.3 Å². The molecule has 5 rings (SSSR count). The number of nitrogens with zero attached hydrogens (tertiary/aromatic N) is 5. The van der Waals surface area contributed by atoms with Gasteiger partial charge in [0.1, 0.15) is 5.69 Å². The van der Waals surface area contributed by atoms with Crippen molar-refractivity contribution in [3.63, 3.8) is 0 Å². The Labute approximate surface area is 201 Å². The molecule has 1 aliphatic heterocycles. The van der Waals surface area contributed by atoms with Gasteiger partial charge in [0.25, 0.3) is 5.91 Å². The monoisotopic (exact) mass is 485 g/mol. The number of nitrogens with one attached hydrogen (secondary N) is 2. The lowest BCUT2D eigenvalue weighted by Crippen LogP contribution is -2.38. The SMILES string of the molecule is CCn1nccc1C(=O)NC(c1cn2nc(CC3CCNC3=O)ccc2n1)C1CCC(F)(F)CC1. The Morgan fingerprint density at radius 1 is 1.26 bits per heavy atom. The highest BCUT2D eigenvalue weighted by molar-refractivity contribution is 5.92. The molecule has 2 fully saturated rings. The van der Waals surface area contributed by atoms with Crippen molar-refractivity contribution in [1.29, 1.82) is 0 Å². The second kappa shape index (κ2) is 9.35. The van der Waals surface area contributed by atoms with Crippen LogP contribution in [0.4, 0.5) is 8.78 Å². The highest BCUT2D eigenvalue weighted by Crippen LogP contribution is 2.41. The number of imidazole rings is 1. The minimum absolute atomic E-state index is 0.0430. The number of hydrogen-bond acceptors (Lipinski definition) is 5. The number of carbonyl (C=O) groups excluding carboxylic acids is 2. The Kier molecular flexibility index (Phi) is 6.24. The average Bonchev–Trinajstić information content (AvgIpc) is 3.57. The van der Waals surface area contributed by atoms with Gasteiger partial charge >= 0.3 is 0 Å². The van der Waals surface area contributed by atoms with E-state index in [1.54, 1.807) is 27.7 Å². The molecule has 1 saturated carbocycles. The number of fused-ring (bicyclic) bond motifs is 1. The van der Waals surface area contributed by atoms with Gasteiger partial charge < -0.3 is 10.6 Å². The topological polar surface area (TPSA) is 106 Å². The molecule has 3 aromatic heterocycles. The maximum Gasteiger partial charge on any atom is 0.270 e. The van der Waals surface area contributed by atoms with Crippen molar-refractivity contribution in [2.45, 2.75) is 64.0 Å². The van der Waals surface area contributed by atoms with E-state index in [1.165, 1.54) is 0 Å². The summed E-state index contributed by atoms with van der Waals surface area (Å²) in [4.78, 5) is 29.8. The van der Waals surface area contributed by atoms with Crippen molar-refractivity contribution < 1.29 is 18.4 Å². The Hall–Kier alpha value is -3.37. The van der Waals surface area contributed by atoms with E-state index in [0.29, 0.717) is 36.5 Å². The van der Waals surface area contributed by atoms with E-state index >= 15 is 0 Å². The first-order valence-corrected chi connectivity index (χ1v) is 12.2. The second-order valence-electron chi connectivity index (χ2n) is 9.45. The van der Waals surface area contributed by atoms with Crippen LogP contribution in [0.3, 0.4) is 0 Å². The van der Waals surface area contributed by atoms with Crippen molar-refractivity contribution in [2.75, 3.05) is 6.54 Å². The summed E-state index contributed by atoms with van der Waals surface area (Å²) < 4.78 is 31.0. The van der Waals surface area contributed by atoms with Crippen LogP contribution in [0.5, 0.6) is 0 Å². The molecule has 0 radical (unpaired) electrons. The fraction of sp³-hybridized carbons (Fsp3) is 0.542. The standard InChI is InChI=1S/C24H29F2N7O2/c1-2-32-19(8-12-28-32)23(35)30-21(15-5-9-24(25,26)10-6-15)18-14-33-20(29-18)4-3-17(31-33)13-16-7-11-27-22(16)34/h3-4,8,12,14-16,21H,2,5-7,9-11,13H2,1H3,(H,27,34)(H,30,35). The zero-order valence-corrected chi connectivity index (χ0v) is 19.6. The smallest absolute Gasteiger partial charge is 0.270 e. The van der Waals surface area contributed by atoms with Gasteiger partial charge in [-0.1, -0.05) is 0 Å². The van der Waals surface area contributed by atoms with Gasteiger partial charge in [0.15, 0.2) is 5.65 Å². The van der Waals surface area contributed by atoms with Crippen molar-refractivity contribution >= 4 is 17.5 Å². The second-order valence-corrected chi connectivity index (χ2v) is 9.45. The molecule has 2 aliphatic rings. The summed E-state index contributed by atoms with van der Waals surface area (Å²) in [5.74, 6) is -3.22. The molecule has 9 nitrogen and oxygen atoms in total. The molecule has 11 heteroatoms. The largest absolute Gasteiger partial charge is 0.356 e. The molecule has 0 aromatic carbocycles. The van der Waals surface area contributed by atoms with Crippen LogP contribution in [0.2, 0.25) is 0 Å². The van der Waals surface area contributed by atoms with Gasteiger partial charge in [-0.2, -0.15) is 10.2 Å². The molecule has 0 bridgehead atoms. The molecule has 2 N–H and O–H groups in total. The molecule has 2 amide bonds. The summed E-state index contributed by atoms with van der Waals surface area (Å²) >= 11 is 0. The van der Waals surface area contributed by atoms with Crippen molar-refractivity contribution in [1.82, 2.24) is 35.0 Å². The lowest BCUT2D eigenvalue weighted by atomic mass is 9.81. The number of aromatic nitrogens is 5. The zero-order chi connectivity index (χ0) is 24.6. The third-order valence-corrected chi connectivity index (χ3v) is 7.10. The van der Waals surface area contributed by atoms with Crippen LogP contribution in [-0.2, 0) is 17.8 Å². The van der Waals surface area contributed by atoms with E-state index in [1.807, 2.05) is 19.1 Å². The number of aryl methyl sites for hydroxylation is 1. The van der Waals surface area contributed by atoms with E-state index in [0.717, 1.165) is 12.1 Å². The first kappa shape index (κ1) is 23.4. The van der Waals surface area contributed by atoms with E-state index < -0.39 is 12.0 Å². The van der Waals surface area contributed by atoms with Crippen molar-refractivity contribution in [3.8, 4) is 0 Å². The lowest BCUT2D eigenvalue weighted by molar-refractivity contribution is -0.122. The first-order chi connectivity index (χ1) is 16.8. The summed E-state index contributed by atoms with van der Waals surface area (Å²) in [6.07, 6.45) is 4.78. The number of carbonyl (C=O) groups is 2. The predicted octanol–water partition coefficient (Wildman–Crippen LogP) is 2.92. The van der Waals surface area contributed by atoms with Gasteiger partial charge in [-0.15, -0.1) is 0 Å². The summed E-state index contributed by atoms with van der Waals surface area (Å²) in [5, 5.41) is 14.7. The molecule has 1 aliphatic carbocycles. The normalized spacial score (nSPS) is 21.2. The quantitative estimate of drug-likeness (QED) is 0.535. The van der Waals surface area contributed by atoms with E-state index in [2.05, 4.69) is 25.8 Å². The molecule has 4 heterocycles. The van der Waals surface area contributed by atoms with Crippen molar-refractivity contribution in [2.24, 2.45) is 11.8 Å². The van der Waals surface area contributed by atoms with Crippen LogP contribution in [-0.4, -0.2) is 48.7 Å². The van der Waals surface area contributed by atoms with Gasteiger partial charge in [-0.25, -0.2) is 18.3 Å². The van der Waals surface area contributed by atoms with Crippen LogP contribution in [0.15, 0.2) is 30.6 Å². The molecule has 2 atom stereocenters. The summed E-state index contributed by atoms with van der Waals surface area (Å²) in [6, 6.07) is 4.79. The Morgan fingerprint density at radius 2 is 2.06 bits per heavy atom. The van der Waals surface area contributed by atoms with Crippen LogP contribution < -0.4 is 10.6 Å². The van der Waals surface area contributed by atoms with Gasteiger partial charge in [0, 0.05) is 44.5 Å². The zero-order valence-electron chi connectivity index (χ0n) is 19.6. The highest BCUT2D eigenvalue weighted by atomic mass is 19.3. The first-order valence-electron chi connectivity index (χ1n) is 12.2. The van der Waals surface area contributed by atoms with Crippen LogP contribution in [0, 0.1) is 11.8 Å². The molecule has 186 valence electrons. The number of rotatable bonds is 7. The molecular formula is C24H29F2N7O2. The minimum atomic E-state index is -2.67. The minimum Gasteiger partial charge on any atom is -0.356 e. The van der Waals surface area contributed by atoms with E-state index in [-0.39, 0.29) is 49.3 Å². The number of hydrogen-bond donors (Lipinski definition) is 2. The predicted molar refractivity (Wildman–Crippen MR) is 123 cm³/mol. The van der Waals surface area contributed by atoms with Gasteiger partial charge in [-0.3, -0.25) is 14.3 Å². The van der Waals surface area contributed by atoms with E-state index in [4.69, 9.17) is 0 Å². The highest BCUT2D eigenvalue weighted by Gasteiger charge is 2.39. The third kappa shape index (κ3) is 4.89. The summed E-state index contributed by atoms with van der Waals surface area (Å²) in [6.45, 7) is 3.11. The van der Waals surface area contributed by atoms with Gasteiger partial charge in [0.2, 0.25) is 11.8 Å². The van der Waals surface area contributed by atoms with Crippen LogP contribution in [0.25, 0.3) is 5.65 Å². The Bertz CT molecular complexity index is 1230. The average molecular weight is 486 g/mol. The Balaban J connectivity index is 1.42. The molecule has 35 heavy (non-hydrogen) atoms. The number of halogens is 2. The number of amides is 2. The van der Waals surface area contributed by atoms with Crippen LogP contribution in [0.1, 0.15) is 66.9 Å². The van der Waals surface area contributed by atoms with Crippen molar-refractivity contribution in [3.05, 3.63) is 47.7 Å². The molecule has 1 saturated heterocycles. The number of alkyl halides is 2. The van der Waals surface area contributed by atoms with Crippen LogP contribution >= 0.6 is 0 Å². The lowest BCUT2D eigenvalue weighted by Gasteiger charge is -2.33. The molecule has 3 aromatic rings. The Morgan fingerprint density at radius 3 is 2.77 bits per heavy atom. The fourth-order valence-electron chi connectivity index (χ4n) is 5.11.